The number of benzene rings is 1. The Morgan fingerprint density at radius 2 is 1.79 bits per heavy atom. The quantitative estimate of drug-likeness (QED) is 0.873. The van der Waals surface area contributed by atoms with Crippen LogP contribution in [0.1, 0.15) is 24.0 Å². The molecular formula is C13H21N3O2S. The second-order valence-electron chi connectivity index (χ2n) is 4.84. The fourth-order valence-electron chi connectivity index (χ4n) is 2.35. The zero-order valence-corrected chi connectivity index (χ0v) is 12.1. The van der Waals surface area contributed by atoms with Crippen LogP contribution in [0.25, 0.3) is 0 Å². The molecule has 6 heteroatoms. The van der Waals surface area contributed by atoms with Crippen molar-refractivity contribution in [1.82, 2.24) is 8.61 Å². The first-order chi connectivity index (χ1) is 9.05. The molecule has 1 aliphatic heterocycles. The fourth-order valence-corrected chi connectivity index (χ4v) is 3.76. The van der Waals surface area contributed by atoms with Crippen LogP contribution in [0.3, 0.4) is 0 Å². The van der Waals surface area contributed by atoms with E-state index in [1.54, 1.807) is 11.4 Å². The summed E-state index contributed by atoms with van der Waals surface area (Å²) in [5.74, 6) is 0. The van der Waals surface area contributed by atoms with Crippen molar-refractivity contribution < 1.29 is 8.42 Å². The van der Waals surface area contributed by atoms with Crippen molar-refractivity contribution in [1.29, 1.82) is 0 Å². The maximum Gasteiger partial charge on any atom is 0.282 e. The SMILES string of the molecule is CN(Cc1ccccc1CN)S(=O)(=O)N1CCCC1. The minimum atomic E-state index is -3.34. The van der Waals surface area contributed by atoms with Crippen molar-refractivity contribution >= 4 is 10.2 Å². The van der Waals surface area contributed by atoms with E-state index in [9.17, 15) is 8.42 Å². The van der Waals surface area contributed by atoms with Gasteiger partial charge in [0.05, 0.1) is 0 Å². The van der Waals surface area contributed by atoms with Gasteiger partial charge in [-0.05, 0) is 24.0 Å². The Morgan fingerprint density at radius 3 is 2.37 bits per heavy atom. The smallest absolute Gasteiger partial charge is 0.282 e. The Labute approximate surface area is 115 Å². The molecule has 5 nitrogen and oxygen atoms in total. The van der Waals surface area contributed by atoms with Gasteiger partial charge < -0.3 is 5.73 Å². The van der Waals surface area contributed by atoms with Crippen LogP contribution in [0.15, 0.2) is 24.3 Å². The molecule has 0 atom stereocenters. The van der Waals surface area contributed by atoms with E-state index in [1.165, 1.54) is 4.31 Å². The summed E-state index contributed by atoms with van der Waals surface area (Å²) in [6, 6.07) is 7.69. The van der Waals surface area contributed by atoms with Crippen molar-refractivity contribution in [2.45, 2.75) is 25.9 Å². The summed E-state index contributed by atoms with van der Waals surface area (Å²) in [7, 11) is -1.71. The molecule has 2 rings (SSSR count). The first-order valence-corrected chi connectivity index (χ1v) is 7.93. The zero-order chi connectivity index (χ0) is 13.9. The lowest BCUT2D eigenvalue weighted by molar-refractivity contribution is 0.391. The molecule has 0 amide bonds. The van der Waals surface area contributed by atoms with Crippen LogP contribution in [0.2, 0.25) is 0 Å². The van der Waals surface area contributed by atoms with Gasteiger partial charge in [0.25, 0.3) is 10.2 Å². The third kappa shape index (κ3) is 3.14. The van der Waals surface area contributed by atoms with Crippen LogP contribution in [-0.2, 0) is 23.3 Å². The van der Waals surface area contributed by atoms with E-state index < -0.39 is 10.2 Å². The van der Waals surface area contributed by atoms with Crippen LogP contribution in [0.4, 0.5) is 0 Å². The highest BCUT2D eigenvalue weighted by atomic mass is 32.2. The lowest BCUT2D eigenvalue weighted by atomic mass is 10.1. The molecule has 1 aromatic rings. The van der Waals surface area contributed by atoms with Crippen LogP contribution in [-0.4, -0.2) is 37.2 Å². The number of rotatable bonds is 5. The van der Waals surface area contributed by atoms with Crippen LogP contribution < -0.4 is 5.73 Å². The van der Waals surface area contributed by atoms with Crippen molar-refractivity contribution in [3.8, 4) is 0 Å². The van der Waals surface area contributed by atoms with Gasteiger partial charge in [0.2, 0.25) is 0 Å². The van der Waals surface area contributed by atoms with E-state index in [-0.39, 0.29) is 0 Å². The minimum Gasteiger partial charge on any atom is -0.326 e. The van der Waals surface area contributed by atoms with Gasteiger partial charge in [0.1, 0.15) is 0 Å². The van der Waals surface area contributed by atoms with Gasteiger partial charge in [-0.25, -0.2) is 0 Å². The van der Waals surface area contributed by atoms with Crippen molar-refractivity contribution in [3.05, 3.63) is 35.4 Å². The molecule has 0 aromatic heterocycles. The molecule has 0 unspecified atom stereocenters. The Kier molecular flexibility index (Phi) is 4.57. The highest BCUT2D eigenvalue weighted by Crippen LogP contribution is 2.18. The maximum absolute atomic E-state index is 12.4. The van der Waals surface area contributed by atoms with Gasteiger partial charge >= 0.3 is 0 Å². The molecule has 0 spiro atoms. The monoisotopic (exact) mass is 283 g/mol. The average Bonchev–Trinajstić information content (AvgIpc) is 2.93. The molecule has 1 saturated heterocycles. The molecule has 0 aliphatic carbocycles. The molecule has 1 aromatic carbocycles. The largest absolute Gasteiger partial charge is 0.326 e. The van der Waals surface area contributed by atoms with Gasteiger partial charge in [-0.15, -0.1) is 0 Å². The van der Waals surface area contributed by atoms with E-state index in [2.05, 4.69) is 0 Å². The zero-order valence-electron chi connectivity index (χ0n) is 11.2. The molecule has 0 bridgehead atoms. The van der Waals surface area contributed by atoms with Gasteiger partial charge in [0.15, 0.2) is 0 Å². The van der Waals surface area contributed by atoms with E-state index in [4.69, 9.17) is 5.73 Å². The van der Waals surface area contributed by atoms with Crippen LogP contribution in [0, 0.1) is 0 Å². The molecule has 1 aliphatic rings. The average molecular weight is 283 g/mol. The van der Waals surface area contributed by atoms with E-state index in [0.717, 1.165) is 24.0 Å². The first kappa shape index (κ1) is 14.5. The molecular weight excluding hydrogens is 262 g/mol. The van der Waals surface area contributed by atoms with Crippen molar-refractivity contribution in [2.24, 2.45) is 5.73 Å². The summed E-state index contributed by atoms with van der Waals surface area (Å²) >= 11 is 0. The highest BCUT2D eigenvalue weighted by Gasteiger charge is 2.29. The molecule has 106 valence electrons. The lowest BCUT2D eigenvalue weighted by Crippen LogP contribution is -2.40. The first-order valence-electron chi connectivity index (χ1n) is 6.54. The topological polar surface area (TPSA) is 66.6 Å². The minimum absolute atomic E-state index is 0.367. The van der Waals surface area contributed by atoms with E-state index >= 15 is 0 Å². The number of hydrogen-bond acceptors (Lipinski definition) is 3. The number of hydrogen-bond donors (Lipinski definition) is 1. The molecule has 0 radical (unpaired) electrons. The summed E-state index contributed by atoms with van der Waals surface area (Å²) in [5.41, 5.74) is 7.64. The lowest BCUT2D eigenvalue weighted by Gasteiger charge is -2.24. The molecule has 1 fully saturated rings. The summed E-state index contributed by atoms with van der Waals surface area (Å²) in [6.07, 6.45) is 1.90. The number of nitrogens with zero attached hydrogens (tertiary/aromatic N) is 2. The standard InChI is InChI=1S/C13H21N3O2S/c1-15(19(17,18)16-8-4-5-9-16)11-13-7-3-2-6-12(13)10-14/h2-3,6-7H,4-5,8-11,14H2,1H3. The van der Waals surface area contributed by atoms with Crippen molar-refractivity contribution in [3.63, 3.8) is 0 Å². The third-order valence-electron chi connectivity index (χ3n) is 3.52. The Bertz CT molecular complexity index is 524. The molecule has 2 N–H and O–H groups in total. The van der Waals surface area contributed by atoms with Crippen LogP contribution in [0.5, 0.6) is 0 Å². The third-order valence-corrected chi connectivity index (χ3v) is 5.45. The molecule has 0 saturated carbocycles. The Hall–Kier alpha value is -0.950. The van der Waals surface area contributed by atoms with Gasteiger partial charge in [0, 0.05) is 33.2 Å². The molecule has 1 heterocycles. The van der Waals surface area contributed by atoms with E-state index in [1.807, 2.05) is 24.3 Å². The summed E-state index contributed by atoms with van der Waals surface area (Å²) in [6.45, 7) is 2.05. The van der Waals surface area contributed by atoms with Crippen molar-refractivity contribution in [2.75, 3.05) is 20.1 Å². The normalized spacial score (nSPS) is 17.2. The van der Waals surface area contributed by atoms with E-state index in [0.29, 0.717) is 26.2 Å². The Balaban J connectivity index is 2.14. The Morgan fingerprint density at radius 1 is 1.21 bits per heavy atom. The van der Waals surface area contributed by atoms with Crippen LogP contribution >= 0.6 is 0 Å². The second-order valence-corrected chi connectivity index (χ2v) is 6.88. The number of nitrogens with two attached hydrogens (primary N) is 1. The van der Waals surface area contributed by atoms with Gasteiger partial charge in [-0.2, -0.15) is 17.0 Å². The summed E-state index contributed by atoms with van der Waals surface area (Å²) < 4.78 is 27.7. The second kappa shape index (κ2) is 6.00. The predicted octanol–water partition coefficient (Wildman–Crippen LogP) is 0.918. The molecule has 19 heavy (non-hydrogen) atoms. The maximum atomic E-state index is 12.4. The highest BCUT2D eigenvalue weighted by molar-refractivity contribution is 7.86. The fraction of sp³-hybridized carbons (Fsp3) is 0.538. The van der Waals surface area contributed by atoms with Gasteiger partial charge in [-0.3, -0.25) is 0 Å². The summed E-state index contributed by atoms with van der Waals surface area (Å²) in [5, 5.41) is 0. The summed E-state index contributed by atoms with van der Waals surface area (Å²) in [4.78, 5) is 0. The van der Waals surface area contributed by atoms with Gasteiger partial charge in [-0.1, -0.05) is 24.3 Å². The predicted molar refractivity (Wildman–Crippen MR) is 75.5 cm³/mol.